The van der Waals surface area contributed by atoms with Crippen LogP contribution in [0.4, 0.5) is 13.2 Å². The molecule has 5 rings (SSSR count). The van der Waals surface area contributed by atoms with Gasteiger partial charge in [0.2, 0.25) is 0 Å². The van der Waals surface area contributed by atoms with Crippen molar-refractivity contribution in [2.75, 3.05) is 13.1 Å². The standard InChI is InChI=1S/C22H23F3N6O2/c1-11-5-6-30(21(32)14-7-12(2)28-20(18(14)23)33-13-3-4-13)9-15(11)17-8-16(19(24)25)29-22-26-10-27-31(17)22/h7-8,10-11,13,15,19H,3-6,9H2,1-2H3/t11-,15-/m1/s1. The van der Waals surface area contributed by atoms with Crippen LogP contribution in [0.25, 0.3) is 5.78 Å². The van der Waals surface area contributed by atoms with Crippen LogP contribution >= 0.6 is 0 Å². The first-order chi connectivity index (χ1) is 15.8. The van der Waals surface area contributed by atoms with Crippen molar-refractivity contribution in [1.29, 1.82) is 0 Å². The van der Waals surface area contributed by atoms with Crippen molar-refractivity contribution in [1.82, 2.24) is 29.5 Å². The lowest BCUT2D eigenvalue weighted by Gasteiger charge is -2.37. The number of carbonyl (C=O) groups excluding carboxylic acids is 1. The van der Waals surface area contributed by atoms with Crippen LogP contribution < -0.4 is 4.74 Å². The molecule has 2 atom stereocenters. The van der Waals surface area contributed by atoms with Gasteiger partial charge in [-0.25, -0.2) is 27.7 Å². The third-order valence-electron chi connectivity index (χ3n) is 6.24. The number of alkyl halides is 2. The highest BCUT2D eigenvalue weighted by molar-refractivity contribution is 5.95. The van der Waals surface area contributed by atoms with Crippen molar-refractivity contribution in [3.63, 3.8) is 0 Å². The van der Waals surface area contributed by atoms with Gasteiger partial charge in [-0.3, -0.25) is 4.79 Å². The molecule has 0 bridgehead atoms. The fourth-order valence-corrected chi connectivity index (χ4v) is 4.25. The quantitative estimate of drug-likeness (QED) is 0.577. The number of amides is 1. The predicted molar refractivity (Wildman–Crippen MR) is 111 cm³/mol. The summed E-state index contributed by atoms with van der Waals surface area (Å²) in [6, 6.07) is 2.74. The highest BCUT2D eigenvalue weighted by Crippen LogP contribution is 2.35. The van der Waals surface area contributed by atoms with E-state index in [2.05, 4.69) is 20.1 Å². The molecular weight excluding hydrogens is 437 g/mol. The molecule has 1 saturated carbocycles. The number of piperidine rings is 1. The van der Waals surface area contributed by atoms with Gasteiger partial charge in [0.1, 0.15) is 18.1 Å². The van der Waals surface area contributed by atoms with E-state index in [-0.39, 0.29) is 47.4 Å². The van der Waals surface area contributed by atoms with E-state index in [9.17, 15) is 13.6 Å². The Balaban J connectivity index is 1.47. The Morgan fingerprint density at radius 3 is 2.73 bits per heavy atom. The zero-order valence-corrected chi connectivity index (χ0v) is 18.2. The Bertz CT molecular complexity index is 1210. The van der Waals surface area contributed by atoms with Crippen LogP contribution in [0.2, 0.25) is 0 Å². The summed E-state index contributed by atoms with van der Waals surface area (Å²) in [7, 11) is 0. The number of likely N-dealkylation sites (tertiary alicyclic amines) is 1. The summed E-state index contributed by atoms with van der Waals surface area (Å²) in [6.07, 6.45) is 0.740. The number of nitrogens with zero attached hydrogens (tertiary/aromatic N) is 6. The fourth-order valence-electron chi connectivity index (χ4n) is 4.25. The van der Waals surface area contributed by atoms with Gasteiger partial charge < -0.3 is 9.64 Å². The summed E-state index contributed by atoms with van der Waals surface area (Å²) < 4.78 is 49.0. The van der Waals surface area contributed by atoms with Crippen LogP contribution in [0.5, 0.6) is 5.88 Å². The molecule has 8 nitrogen and oxygen atoms in total. The number of hydrogen-bond acceptors (Lipinski definition) is 6. The monoisotopic (exact) mass is 460 g/mol. The summed E-state index contributed by atoms with van der Waals surface area (Å²) in [6.45, 7) is 4.32. The van der Waals surface area contributed by atoms with Crippen LogP contribution in [-0.2, 0) is 0 Å². The van der Waals surface area contributed by atoms with Crippen molar-refractivity contribution in [3.05, 3.63) is 46.9 Å². The molecule has 1 aliphatic heterocycles. The minimum absolute atomic E-state index is 0.0576. The van der Waals surface area contributed by atoms with Gasteiger partial charge in [0, 0.05) is 24.7 Å². The Morgan fingerprint density at radius 2 is 2.00 bits per heavy atom. The topological polar surface area (TPSA) is 85.5 Å². The zero-order valence-electron chi connectivity index (χ0n) is 18.2. The number of fused-ring (bicyclic) bond motifs is 1. The zero-order chi connectivity index (χ0) is 23.3. The van der Waals surface area contributed by atoms with Gasteiger partial charge in [-0.1, -0.05) is 6.92 Å². The molecule has 1 saturated heterocycles. The van der Waals surface area contributed by atoms with Crippen molar-refractivity contribution in [3.8, 4) is 5.88 Å². The van der Waals surface area contributed by atoms with Crippen LogP contribution in [-0.4, -0.2) is 54.6 Å². The Hall–Kier alpha value is -3.24. The van der Waals surface area contributed by atoms with E-state index in [0.29, 0.717) is 24.4 Å². The maximum Gasteiger partial charge on any atom is 0.280 e. The molecule has 4 heterocycles. The predicted octanol–water partition coefficient (Wildman–Crippen LogP) is 3.71. The van der Waals surface area contributed by atoms with Gasteiger partial charge in [0.05, 0.1) is 11.3 Å². The number of pyridine rings is 1. The Morgan fingerprint density at radius 1 is 1.21 bits per heavy atom. The highest BCUT2D eigenvalue weighted by Gasteiger charge is 2.35. The number of rotatable bonds is 5. The summed E-state index contributed by atoms with van der Waals surface area (Å²) >= 11 is 0. The van der Waals surface area contributed by atoms with E-state index in [1.807, 2.05) is 6.92 Å². The summed E-state index contributed by atoms with van der Waals surface area (Å²) in [5.74, 6) is -1.55. The van der Waals surface area contributed by atoms with Crippen LogP contribution in [0.3, 0.4) is 0 Å². The molecule has 0 radical (unpaired) electrons. The molecule has 0 aromatic carbocycles. The molecule has 1 amide bonds. The van der Waals surface area contributed by atoms with Crippen molar-refractivity contribution in [2.45, 2.75) is 51.6 Å². The normalized spacial score (nSPS) is 21.1. The number of aromatic nitrogens is 5. The van der Waals surface area contributed by atoms with E-state index in [1.54, 1.807) is 11.8 Å². The summed E-state index contributed by atoms with van der Waals surface area (Å²) in [5, 5.41) is 4.14. The number of halogens is 3. The van der Waals surface area contributed by atoms with E-state index in [0.717, 1.165) is 12.8 Å². The second-order valence-corrected chi connectivity index (χ2v) is 8.75. The second-order valence-electron chi connectivity index (χ2n) is 8.75. The van der Waals surface area contributed by atoms with Crippen LogP contribution in [0.1, 0.15) is 66.0 Å². The fraction of sp³-hybridized carbons (Fsp3) is 0.500. The van der Waals surface area contributed by atoms with E-state index in [1.165, 1.54) is 23.0 Å². The molecule has 2 fully saturated rings. The molecule has 11 heteroatoms. The first-order valence-corrected chi connectivity index (χ1v) is 10.9. The Labute approximate surface area is 187 Å². The molecule has 1 aliphatic carbocycles. The summed E-state index contributed by atoms with van der Waals surface area (Å²) in [4.78, 5) is 26.8. The lowest BCUT2D eigenvalue weighted by molar-refractivity contribution is 0.0659. The SMILES string of the molecule is Cc1cc(C(=O)N2CC[C@@H](C)[C@H](c3cc(C(F)F)nc4ncnn34)C2)c(F)c(OC2CC2)n1. The Kier molecular flexibility index (Phi) is 5.41. The number of carbonyl (C=O) groups is 1. The van der Waals surface area contributed by atoms with Crippen molar-refractivity contribution in [2.24, 2.45) is 5.92 Å². The maximum absolute atomic E-state index is 15.1. The third-order valence-corrected chi connectivity index (χ3v) is 6.24. The molecule has 3 aromatic heterocycles. The molecule has 3 aromatic rings. The van der Waals surface area contributed by atoms with Crippen molar-refractivity contribution >= 4 is 11.7 Å². The van der Waals surface area contributed by atoms with Crippen molar-refractivity contribution < 1.29 is 22.7 Å². The average molecular weight is 460 g/mol. The molecule has 2 aliphatic rings. The van der Waals surface area contributed by atoms with Gasteiger partial charge in [0.15, 0.2) is 5.82 Å². The first kappa shape index (κ1) is 21.6. The molecule has 174 valence electrons. The summed E-state index contributed by atoms with van der Waals surface area (Å²) in [5.41, 5.74) is 0.499. The number of aryl methyl sites for hydroxylation is 1. The molecule has 0 N–H and O–H groups in total. The number of hydrogen-bond donors (Lipinski definition) is 0. The molecular formula is C22H23F3N6O2. The smallest absolute Gasteiger partial charge is 0.280 e. The maximum atomic E-state index is 15.1. The van der Waals surface area contributed by atoms with Gasteiger partial charge in [-0.15, -0.1) is 0 Å². The molecule has 33 heavy (non-hydrogen) atoms. The van der Waals surface area contributed by atoms with Gasteiger partial charge in [0.25, 0.3) is 24.0 Å². The number of ether oxygens (including phenoxy) is 1. The van der Waals surface area contributed by atoms with Crippen LogP contribution in [0, 0.1) is 18.7 Å². The third kappa shape index (κ3) is 4.11. The second kappa shape index (κ2) is 8.27. The van der Waals surface area contributed by atoms with Gasteiger partial charge in [-0.2, -0.15) is 10.1 Å². The van der Waals surface area contributed by atoms with Gasteiger partial charge >= 0.3 is 0 Å². The molecule has 0 unspecified atom stereocenters. The van der Waals surface area contributed by atoms with E-state index >= 15 is 4.39 Å². The minimum Gasteiger partial charge on any atom is -0.472 e. The lowest BCUT2D eigenvalue weighted by Crippen LogP contribution is -2.43. The lowest BCUT2D eigenvalue weighted by atomic mass is 9.84. The van der Waals surface area contributed by atoms with E-state index < -0.39 is 18.1 Å². The average Bonchev–Trinajstić information content (AvgIpc) is 3.47. The largest absolute Gasteiger partial charge is 0.472 e. The van der Waals surface area contributed by atoms with E-state index in [4.69, 9.17) is 4.74 Å². The minimum atomic E-state index is -2.76. The van der Waals surface area contributed by atoms with Gasteiger partial charge in [-0.05, 0) is 44.2 Å². The first-order valence-electron chi connectivity index (χ1n) is 10.9. The highest BCUT2D eigenvalue weighted by atomic mass is 19.3. The van der Waals surface area contributed by atoms with Crippen LogP contribution in [0.15, 0.2) is 18.5 Å². The molecule has 0 spiro atoms.